The predicted octanol–water partition coefficient (Wildman–Crippen LogP) is 6.20. The number of halogens is 3. The average Bonchev–Trinajstić information content (AvgIpc) is 2.91. The van der Waals surface area contributed by atoms with E-state index in [1.807, 2.05) is 0 Å². The Balaban J connectivity index is 1.55. The standard InChI is InChI=1S/C28H15F2IO7S/c29-17-7-11-26(22(30)13-17)39(34,35)38-31(19-8-5-16-6-12-27(32)37-25(16)15-19)18-9-10-24-21(14-18)28(33)20-3-1-2-4-23(20)36-24/h1-15H. The van der Waals surface area contributed by atoms with Crippen LogP contribution in [0.3, 0.4) is 0 Å². The van der Waals surface area contributed by atoms with Crippen molar-refractivity contribution in [1.29, 1.82) is 0 Å². The van der Waals surface area contributed by atoms with E-state index in [1.165, 1.54) is 18.2 Å². The van der Waals surface area contributed by atoms with Crippen molar-refractivity contribution >= 4 is 63.3 Å². The summed E-state index contributed by atoms with van der Waals surface area (Å²) >= 11 is -3.52. The summed E-state index contributed by atoms with van der Waals surface area (Å²) in [7, 11) is -4.73. The van der Waals surface area contributed by atoms with Crippen LogP contribution in [0.15, 0.2) is 114 Å². The fraction of sp³-hybridized carbons (Fsp3) is 0. The third kappa shape index (κ3) is 4.73. The fourth-order valence-electron chi connectivity index (χ4n) is 4.02. The van der Waals surface area contributed by atoms with Gasteiger partial charge in [-0.2, -0.15) is 0 Å². The number of benzene rings is 4. The second-order valence-corrected chi connectivity index (χ2v) is 14.8. The Labute approximate surface area is 226 Å². The van der Waals surface area contributed by atoms with E-state index in [0.717, 1.165) is 12.1 Å². The van der Waals surface area contributed by atoms with Crippen molar-refractivity contribution in [2.75, 3.05) is 0 Å². The molecule has 0 radical (unpaired) electrons. The second kappa shape index (κ2) is 9.67. The third-order valence-electron chi connectivity index (χ3n) is 5.83. The molecule has 0 N–H and O–H groups in total. The Morgan fingerprint density at radius 3 is 2.23 bits per heavy atom. The molecule has 0 saturated carbocycles. The number of para-hydroxylation sites is 1. The van der Waals surface area contributed by atoms with Gasteiger partial charge in [-0.3, -0.25) is 0 Å². The number of hydrogen-bond donors (Lipinski definition) is 0. The number of fused-ring (bicyclic) bond motifs is 3. The maximum atomic E-state index is 14.5. The van der Waals surface area contributed by atoms with Crippen LogP contribution in [-0.4, -0.2) is 8.42 Å². The molecular weight excluding hydrogens is 645 g/mol. The Bertz CT molecular complexity index is 2160. The Morgan fingerprint density at radius 1 is 0.692 bits per heavy atom. The van der Waals surface area contributed by atoms with Crippen LogP contribution in [0.25, 0.3) is 32.9 Å². The molecule has 0 aliphatic rings. The average molecular weight is 660 g/mol. The van der Waals surface area contributed by atoms with Gasteiger partial charge in [-0.1, -0.05) is 0 Å². The monoisotopic (exact) mass is 660 g/mol. The van der Waals surface area contributed by atoms with Crippen LogP contribution in [-0.2, 0) is 12.6 Å². The molecule has 0 unspecified atom stereocenters. The van der Waals surface area contributed by atoms with E-state index in [-0.39, 0.29) is 22.0 Å². The molecule has 7 nitrogen and oxygen atoms in total. The summed E-state index contributed by atoms with van der Waals surface area (Å²) in [6.07, 6.45) is 0. The zero-order valence-electron chi connectivity index (χ0n) is 19.6. The first kappa shape index (κ1) is 25.3. The number of hydrogen-bond acceptors (Lipinski definition) is 7. The molecule has 0 atom stereocenters. The second-order valence-electron chi connectivity index (χ2n) is 8.35. The van der Waals surface area contributed by atoms with Crippen LogP contribution in [0.4, 0.5) is 8.78 Å². The van der Waals surface area contributed by atoms with Crippen molar-refractivity contribution < 1.29 is 28.5 Å². The van der Waals surface area contributed by atoms with E-state index in [0.29, 0.717) is 29.6 Å². The summed E-state index contributed by atoms with van der Waals surface area (Å²) in [6.45, 7) is 0. The van der Waals surface area contributed by atoms with Gasteiger partial charge < -0.3 is 0 Å². The van der Waals surface area contributed by atoms with Gasteiger partial charge in [0.25, 0.3) is 0 Å². The summed E-state index contributed by atoms with van der Waals surface area (Å²) in [6, 6.07) is 20.9. The van der Waals surface area contributed by atoms with Crippen LogP contribution in [0.2, 0.25) is 0 Å². The van der Waals surface area contributed by atoms with Gasteiger partial charge in [0.05, 0.1) is 0 Å². The van der Waals surface area contributed by atoms with E-state index in [9.17, 15) is 26.8 Å². The van der Waals surface area contributed by atoms with Crippen molar-refractivity contribution in [3.8, 4) is 0 Å². The molecule has 6 aromatic rings. The van der Waals surface area contributed by atoms with E-state index in [1.54, 1.807) is 54.6 Å². The van der Waals surface area contributed by atoms with Crippen molar-refractivity contribution in [2.45, 2.75) is 4.90 Å². The van der Waals surface area contributed by atoms with Gasteiger partial charge in [0.1, 0.15) is 0 Å². The summed E-state index contributed by atoms with van der Waals surface area (Å²) in [4.78, 5) is 24.2. The molecule has 0 bridgehead atoms. The van der Waals surface area contributed by atoms with Crippen molar-refractivity contribution in [3.05, 3.63) is 130 Å². The molecule has 0 aliphatic carbocycles. The fourth-order valence-corrected chi connectivity index (χ4v) is 11.1. The molecule has 2 heterocycles. The summed E-state index contributed by atoms with van der Waals surface area (Å²) < 4.78 is 72.0. The maximum absolute atomic E-state index is 14.5. The van der Waals surface area contributed by atoms with Crippen LogP contribution >= 0.6 is 20.2 Å². The first-order chi connectivity index (χ1) is 18.7. The molecule has 0 fully saturated rings. The van der Waals surface area contributed by atoms with Gasteiger partial charge in [-0.05, 0) is 0 Å². The number of rotatable bonds is 5. The van der Waals surface area contributed by atoms with Crippen molar-refractivity contribution in [3.63, 3.8) is 0 Å². The van der Waals surface area contributed by atoms with E-state index in [2.05, 4.69) is 0 Å². The Kier molecular flexibility index (Phi) is 6.28. The topological polar surface area (TPSA) is 104 Å². The van der Waals surface area contributed by atoms with E-state index >= 15 is 0 Å². The molecule has 0 amide bonds. The van der Waals surface area contributed by atoms with Gasteiger partial charge >= 0.3 is 227 Å². The molecule has 6 rings (SSSR count). The molecule has 0 aliphatic heterocycles. The first-order valence-electron chi connectivity index (χ1n) is 11.3. The Morgan fingerprint density at radius 2 is 1.41 bits per heavy atom. The zero-order chi connectivity index (χ0) is 27.3. The summed E-state index contributed by atoms with van der Waals surface area (Å²) in [5, 5.41) is 1.14. The first-order valence-corrected chi connectivity index (χ1v) is 15.7. The van der Waals surface area contributed by atoms with Crippen LogP contribution in [0.5, 0.6) is 0 Å². The van der Waals surface area contributed by atoms with Gasteiger partial charge in [-0.25, -0.2) is 0 Å². The van der Waals surface area contributed by atoms with Gasteiger partial charge in [0, 0.05) is 0 Å². The molecule has 39 heavy (non-hydrogen) atoms. The van der Waals surface area contributed by atoms with E-state index < -0.39 is 52.5 Å². The van der Waals surface area contributed by atoms with Gasteiger partial charge in [-0.15, -0.1) is 0 Å². The van der Waals surface area contributed by atoms with Gasteiger partial charge in [0.2, 0.25) is 0 Å². The van der Waals surface area contributed by atoms with E-state index in [4.69, 9.17) is 11.3 Å². The SMILES string of the molecule is O=c1ccc2ccc(I(OS(=O)(=O)c3ccc(F)cc3F)c3ccc4oc5ccccc5c(=O)c4c3)cc2o1. The van der Waals surface area contributed by atoms with Crippen molar-refractivity contribution in [2.24, 2.45) is 0 Å². The molecule has 0 spiro atoms. The van der Waals surface area contributed by atoms with Crippen LogP contribution in [0.1, 0.15) is 0 Å². The quantitative estimate of drug-likeness (QED) is 0.123. The van der Waals surface area contributed by atoms with Gasteiger partial charge in [0.15, 0.2) is 0 Å². The molecule has 4 aromatic carbocycles. The Hall–Kier alpha value is -3.94. The predicted molar refractivity (Wildman–Crippen MR) is 149 cm³/mol. The van der Waals surface area contributed by atoms with Crippen LogP contribution < -0.4 is 11.1 Å². The molecule has 196 valence electrons. The minimum absolute atomic E-state index is 0.197. The molecular formula is C28H15F2IO7S. The molecule has 0 saturated heterocycles. The minimum atomic E-state index is -4.73. The summed E-state index contributed by atoms with van der Waals surface area (Å²) in [5.41, 5.74) is -0.0374. The third-order valence-corrected chi connectivity index (χ3v) is 13.1. The zero-order valence-corrected chi connectivity index (χ0v) is 22.5. The van der Waals surface area contributed by atoms with Crippen LogP contribution in [0, 0.1) is 18.8 Å². The molecule has 2 aromatic heterocycles. The molecule has 11 heteroatoms. The normalized spacial score (nSPS) is 12.3. The summed E-state index contributed by atoms with van der Waals surface area (Å²) in [5.74, 6) is -2.25. The van der Waals surface area contributed by atoms with Crippen molar-refractivity contribution in [1.82, 2.24) is 0 Å².